The van der Waals surface area contributed by atoms with Gasteiger partial charge in [-0.25, -0.2) is 8.78 Å². The van der Waals surface area contributed by atoms with Crippen LogP contribution >= 0.6 is 11.6 Å². The van der Waals surface area contributed by atoms with Crippen molar-refractivity contribution in [3.05, 3.63) is 28.8 Å². The molecule has 1 rings (SSSR count). The molecule has 3 nitrogen and oxygen atoms in total. The maximum Gasteiger partial charge on any atom is 0.261 e. The van der Waals surface area contributed by atoms with Crippen molar-refractivity contribution in [3.63, 3.8) is 0 Å². The largest absolute Gasteiger partial charge is 0.496 e. The second-order valence-corrected chi connectivity index (χ2v) is 4.69. The summed E-state index contributed by atoms with van der Waals surface area (Å²) in [6, 6.07) is 5.31. The van der Waals surface area contributed by atoms with E-state index in [4.69, 9.17) is 21.1 Å². The van der Waals surface area contributed by atoms with Crippen molar-refractivity contribution >= 4 is 11.6 Å². The number of hydrogen-bond donors (Lipinski definition) is 1. The number of alkyl halides is 2. The van der Waals surface area contributed by atoms with Crippen LogP contribution in [0.3, 0.4) is 0 Å². The minimum Gasteiger partial charge on any atom is -0.496 e. The van der Waals surface area contributed by atoms with E-state index >= 15 is 0 Å². The maximum atomic E-state index is 12.0. The molecule has 6 heteroatoms. The molecule has 0 radical (unpaired) electrons. The SMILES string of the molecule is CCNC(CCOCC(F)F)c1cc(Cl)ccc1OC. The third-order valence-corrected chi connectivity index (χ3v) is 3.05. The van der Waals surface area contributed by atoms with Crippen molar-refractivity contribution in [2.24, 2.45) is 0 Å². The summed E-state index contributed by atoms with van der Waals surface area (Å²) >= 11 is 6.01. The lowest BCUT2D eigenvalue weighted by Gasteiger charge is -2.21. The number of methoxy groups -OCH3 is 1. The molecule has 1 N–H and O–H groups in total. The van der Waals surface area contributed by atoms with E-state index in [2.05, 4.69) is 5.32 Å². The molecule has 0 saturated heterocycles. The highest BCUT2D eigenvalue weighted by Crippen LogP contribution is 2.30. The summed E-state index contributed by atoms with van der Waals surface area (Å²) < 4.78 is 34.3. The first-order chi connectivity index (χ1) is 9.58. The molecule has 0 spiro atoms. The normalized spacial score (nSPS) is 12.7. The molecule has 1 aromatic rings. The molecule has 114 valence electrons. The van der Waals surface area contributed by atoms with E-state index in [0.29, 0.717) is 17.2 Å². The van der Waals surface area contributed by atoms with Gasteiger partial charge in [-0.2, -0.15) is 0 Å². The summed E-state index contributed by atoms with van der Waals surface area (Å²) in [5.74, 6) is 0.717. The van der Waals surface area contributed by atoms with E-state index in [9.17, 15) is 8.78 Å². The Balaban J connectivity index is 2.71. The number of ether oxygens (including phenoxy) is 2. The smallest absolute Gasteiger partial charge is 0.261 e. The van der Waals surface area contributed by atoms with Crippen LogP contribution in [0.15, 0.2) is 18.2 Å². The second kappa shape index (κ2) is 9.10. The third-order valence-electron chi connectivity index (χ3n) is 2.81. The standard InChI is InChI=1S/C14H20ClF2NO2/c1-3-18-12(6-7-20-9-14(16)17)11-8-10(15)4-5-13(11)19-2/h4-5,8,12,14,18H,3,6-7,9H2,1-2H3. The van der Waals surface area contributed by atoms with Crippen LogP contribution in [0.4, 0.5) is 8.78 Å². The Labute approximate surface area is 123 Å². The molecule has 0 saturated carbocycles. The molecule has 20 heavy (non-hydrogen) atoms. The van der Waals surface area contributed by atoms with Crippen molar-refractivity contribution < 1.29 is 18.3 Å². The summed E-state index contributed by atoms with van der Waals surface area (Å²) in [6.45, 7) is 2.43. The highest BCUT2D eigenvalue weighted by Gasteiger charge is 2.16. The van der Waals surface area contributed by atoms with Crippen LogP contribution in [0.1, 0.15) is 24.9 Å². The van der Waals surface area contributed by atoms with Gasteiger partial charge in [0.05, 0.1) is 7.11 Å². The fourth-order valence-corrected chi connectivity index (χ4v) is 2.15. The molecular formula is C14H20ClF2NO2. The van der Waals surface area contributed by atoms with Gasteiger partial charge < -0.3 is 14.8 Å². The van der Waals surface area contributed by atoms with E-state index in [1.54, 1.807) is 19.2 Å². The number of halogens is 3. The molecule has 1 aromatic carbocycles. The summed E-state index contributed by atoms with van der Waals surface area (Å²) in [4.78, 5) is 0. The Kier molecular flexibility index (Phi) is 7.80. The van der Waals surface area contributed by atoms with Gasteiger partial charge in [-0.1, -0.05) is 18.5 Å². The van der Waals surface area contributed by atoms with Gasteiger partial charge in [0.2, 0.25) is 0 Å². The van der Waals surface area contributed by atoms with Crippen LogP contribution in [0.2, 0.25) is 5.02 Å². The first kappa shape index (κ1) is 17.1. The van der Waals surface area contributed by atoms with Crippen molar-refractivity contribution in [1.29, 1.82) is 0 Å². The third kappa shape index (κ3) is 5.61. The first-order valence-electron chi connectivity index (χ1n) is 6.51. The van der Waals surface area contributed by atoms with Gasteiger partial charge >= 0.3 is 0 Å². The molecule has 0 bridgehead atoms. The van der Waals surface area contributed by atoms with Crippen LogP contribution in [0.5, 0.6) is 5.75 Å². The molecule has 1 unspecified atom stereocenters. The molecule has 0 heterocycles. The van der Waals surface area contributed by atoms with Crippen molar-refractivity contribution in [2.45, 2.75) is 25.8 Å². The molecular weight excluding hydrogens is 288 g/mol. The average Bonchev–Trinajstić information content (AvgIpc) is 2.42. The van der Waals surface area contributed by atoms with Crippen LogP contribution in [-0.2, 0) is 4.74 Å². The average molecular weight is 308 g/mol. The number of benzene rings is 1. The zero-order valence-electron chi connectivity index (χ0n) is 11.7. The molecule has 0 amide bonds. The van der Waals surface area contributed by atoms with Gasteiger partial charge in [0, 0.05) is 23.2 Å². The second-order valence-electron chi connectivity index (χ2n) is 4.25. The predicted molar refractivity (Wildman–Crippen MR) is 75.9 cm³/mol. The van der Waals surface area contributed by atoms with Gasteiger partial charge in [-0.15, -0.1) is 0 Å². The molecule has 0 aromatic heterocycles. The van der Waals surface area contributed by atoms with E-state index in [1.807, 2.05) is 13.0 Å². The minimum absolute atomic E-state index is 0.0497. The fourth-order valence-electron chi connectivity index (χ4n) is 1.97. The Morgan fingerprint density at radius 3 is 2.70 bits per heavy atom. The molecule has 0 aliphatic rings. The van der Waals surface area contributed by atoms with Crippen molar-refractivity contribution in [2.75, 3.05) is 26.9 Å². The number of nitrogens with one attached hydrogen (secondary N) is 1. The zero-order chi connectivity index (χ0) is 15.0. The molecule has 1 atom stereocenters. The van der Waals surface area contributed by atoms with Gasteiger partial charge in [0.1, 0.15) is 12.4 Å². The van der Waals surface area contributed by atoms with Gasteiger partial charge in [0.15, 0.2) is 0 Å². The van der Waals surface area contributed by atoms with E-state index in [1.165, 1.54) is 0 Å². The quantitative estimate of drug-likeness (QED) is 0.706. The Bertz CT molecular complexity index is 405. The van der Waals surface area contributed by atoms with Crippen LogP contribution in [-0.4, -0.2) is 33.3 Å². The Hall–Kier alpha value is -0.910. The van der Waals surface area contributed by atoms with Crippen LogP contribution in [0, 0.1) is 0 Å². The monoisotopic (exact) mass is 307 g/mol. The topological polar surface area (TPSA) is 30.5 Å². The lowest BCUT2D eigenvalue weighted by molar-refractivity contribution is 0.0143. The van der Waals surface area contributed by atoms with Crippen LogP contribution in [0.25, 0.3) is 0 Å². The lowest BCUT2D eigenvalue weighted by Crippen LogP contribution is -2.23. The van der Waals surface area contributed by atoms with Gasteiger partial charge in [-0.3, -0.25) is 0 Å². The maximum absolute atomic E-state index is 12.0. The zero-order valence-corrected chi connectivity index (χ0v) is 12.4. The van der Waals surface area contributed by atoms with Gasteiger partial charge in [0.25, 0.3) is 6.43 Å². The fraction of sp³-hybridized carbons (Fsp3) is 0.571. The number of rotatable bonds is 9. The molecule has 0 aliphatic heterocycles. The molecule has 0 aliphatic carbocycles. The van der Waals surface area contributed by atoms with E-state index in [-0.39, 0.29) is 12.6 Å². The predicted octanol–water partition coefficient (Wildman–Crippen LogP) is 3.67. The summed E-state index contributed by atoms with van der Waals surface area (Å²) in [5, 5.41) is 3.89. The first-order valence-corrected chi connectivity index (χ1v) is 6.89. The number of hydrogen-bond acceptors (Lipinski definition) is 3. The Morgan fingerprint density at radius 2 is 2.10 bits per heavy atom. The summed E-state index contributed by atoms with van der Waals surface area (Å²) in [7, 11) is 1.59. The van der Waals surface area contributed by atoms with Crippen molar-refractivity contribution in [3.8, 4) is 5.75 Å². The summed E-state index contributed by atoms with van der Waals surface area (Å²) in [6.07, 6.45) is -1.87. The van der Waals surface area contributed by atoms with E-state index in [0.717, 1.165) is 12.1 Å². The van der Waals surface area contributed by atoms with E-state index < -0.39 is 13.0 Å². The highest BCUT2D eigenvalue weighted by molar-refractivity contribution is 6.30. The van der Waals surface area contributed by atoms with Crippen LogP contribution < -0.4 is 10.1 Å². The summed E-state index contributed by atoms with van der Waals surface area (Å²) in [5.41, 5.74) is 0.905. The molecule has 0 fully saturated rings. The highest BCUT2D eigenvalue weighted by atomic mass is 35.5. The van der Waals surface area contributed by atoms with Gasteiger partial charge in [-0.05, 0) is 31.2 Å². The lowest BCUT2D eigenvalue weighted by atomic mass is 10.0. The van der Waals surface area contributed by atoms with Crippen molar-refractivity contribution in [1.82, 2.24) is 5.32 Å². The minimum atomic E-state index is -2.44. The Morgan fingerprint density at radius 1 is 1.35 bits per heavy atom.